The van der Waals surface area contributed by atoms with Gasteiger partial charge in [0.15, 0.2) is 5.60 Å². The van der Waals surface area contributed by atoms with E-state index >= 15 is 0 Å². The van der Waals surface area contributed by atoms with Crippen LogP contribution in [0.4, 0.5) is 0 Å². The first kappa shape index (κ1) is 24.3. The second-order valence-corrected chi connectivity index (χ2v) is 10.5. The maximum Gasteiger partial charge on any atom is 1.00 e. The zero-order valence-corrected chi connectivity index (χ0v) is 25.5. The number of hydrogen-bond acceptors (Lipinski definition) is 4. The largest absolute Gasteiger partial charge is 1.00 e. The van der Waals surface area contributed by atoms with Gasteiger partial charge in [-0.15, -0.1) is 0 Å². The molecule has 0 radical (unpaired) electrons. The molecule has 0 bridgehead atoms. The summed E-state index contributed by atoms with van der Waals surface area (Å²) in [6.45, 7) is 0. The number of phenolic OH excluding ortho intramolecular Hbond substituents is 2. The Balaban J connectivity index is 0.00000160. The van der Waals surface area contributed by atoms with Crippen LogP contribution in [0.15, 0.2) is 48.5 Å². The summed E-state index contributed by atoms with van der Waals surface area (Å²) in [7, 11) is 0. The number of phenols is 2. The molecule has 1 aliphatic rings. The maximum atomic E-state index is 13.1. The first-order chi connectivity index (χ1) is 13.3. The number of carbonyl (C=O) groups is 1. The number of cyclic esters (lactones) is 1. The van der Waals surface area contributed by atoms with Crippen LogP contribution in [0.25, 0.3) is 0 Å². The van der Waals surface area contributed by atoms with Gasteiger partial charge in [0.1, 0.15) is 11.5 Å². The molecule has 0 saturated carbocycles. The van der Waals surface area contributed by atoms with Crippen molar-refractivity contribution in [1.82, 2.24) is 0 Å². The van der Waals surface area contributed by atoms with Gasteiger partial charge in [0.2, 0.25) is 0 Å². The number of benzene rings is 3. The normalized spacial score (nSPS) is 14.1. The van der Waals surface area contributed by atoms with E-state index in [9.17, 15) is 15.0 Å². The molecule has 0 unspecified atom stereocenters. The minimum atomic E-state index is -1.16. The van der Waals surface area contributed by atoms with Gasteiger partial charge in [-0.3, -0.25) is 0 Å². The summed E-state index contributed by atoms with van der Waals surface area (Å²) < 4.78 is 10.0. The van der Waals surface area contributed by atoms with Crippen LogP contribution in [0.5, 0.6) is 11.5 Å². The Morgan fingerprint density at radius 2 is 1.14 bits per heavy atom. The average molecular weight is 846 g/mol. The van der Waals surface area contributed by atoms with Gasteiger partial charge in [-0.25, -0.2) is 4.79 Å². The second-order valence-electron chi connectivity index (χ2n) is 6.17. The number of hydrogen-bond donors (Lipinski definition) is 2. The van der Waals surface area contributed by atoms with E-state index in [2.05, 4.69) is 90.4 Å². The quantitative estimate of drug-likeness (QED) is 0.137. The third kappa shape index (κ3) is 3.96. The van der Waals surface area contributed by atoms with Crippen molar-refractivity contribution in [2.24, 2.45) is 0 Å². The van der Waals surface area contributed by atoms with Crippen LogP contribution < -0.4 is 29.6 Å². The van der Waals surface area contributed by atoms with Gasteiger partial charge in [-0.2, -0.15) is 0 Å². The summed E-state index contributed by atoms with van der Waals surface area (Å²) in [5, 5.41) is 19.5. The van der Waals surface area contributed by atoms with Crippen LogP contribution in [0.2, 0.25) is 0 Å². The molecule has 0 atom stereocenters. The molecule has 2 N–H and O–H groups in total. The predicted molar refractivity (Wildman–Crippen MR) is 140 cm³/mol. The first-order valence-corrected chi connectivity index (χ1v) is 12.3. The van der Waals surface area contributed by atoms with Crippen molar-refractivity contribution >= 4 is 96.3 Å². The third-order valence-electron chi connectivity index (χ3n) is 4.62. The minimum absolute atomic E-state index is 0. The van der Waals surface area contributed by atoms with Gasteiger partial charge in [0.05, 0.1) is 5.56 Å². The van der Waals surface area contributed by atoms with E-state index < -0.39 is 5.60 Å². The van der Waals surface area contributed by atoms with Gasteiger partial charge < -0.3 is 16.4 Å². The van der Waals surface area contributed by atoms with Crippen molar-refractivity contribution in [1.29, 1.82) is 0 Å². The van der Waals surface area contributed by atoms with Crippen molar-refractivity contribution < 1.29 is 50.7 Å². The topological polar surface area (TPSA) is 66.8 Å². The minimum Gasteiger partial charge on any atom is -1.00 e. The number of aromatic hydroxyl groups is 2. The van der Waals surface area contributed by atoms with E-state index in [0.717, 1.165) is 31.0 Å². The van der Waals surface area contributed by atoms with Crippen molar-refractivity contribution in [3.8, 4) is 11.5 Å². The fraction of sp³-hybridized carbons (Fsp3) is 0.0500. The van der Waals surface area contributed by atoms with Crippen LogP contribution >= 0.6 is 90.4 Å². The summed E-state index contributed by atoms with van der Waals surface area (Å²) in [4.78, 5) is 13.1. The standard InChI is InChI=1S/C20H10I4O4.Na.H/c21-15-13-14(16(22)18(24)17(15)23)20(28-19(13)27,9-1-5-11(25)6-2-9)10-3-7-12(26)8-4-10;;/h1-8,25-26H;;/q;+1;-1. The van der Waals surface area contributed by atoms with Gasteiger partial charge in [0.25, 0.3) is 0 Å². The molecule has 4 rings (SSSR count). The van der Waals surface area contributed by atoms with Crippen LogP contribution in [0.3, 0.4) is 0 Å². The molecule has 1 aliphatic heterocycles. The average Bonchev–Trinajstić information content (AvgIpc) is 3.00. The monoisotopic (exact) mass is 846 g/mol. The smallest absolute Gasteiger partial charge is 1.00 e. The number of halogens is 4. The summed E-state index contributed by atoms with van der Waals surface area (Å²) in [6, 6.07) is 13.4. The van der Waals surface area contributed by atoms with Crippen LogP contribution in [-0.4, -0.2) is 16.2 Å². The summed E-state index contributed by atoms with van der Waals surface area (Å²) in [5.41, 5.74) is 1.66. The number of ether oxygens (including phenoxy) is 1. The molecule has 3 aromatic rings. The Kier molecular flexibility index (Phi) is 7.75. The molecule has 144 valence electrons. The van der Waals surface area contributed by atoms with Gasteiger partial charge in [-0.05, 0) is 115 Å². The molecular weight excluding hydrogens is 835 g/mol. The Labute approximate surface area is 245 Å². The molecule has 4 nitrogen and oxygen atoms in total. The number of esters is 1. The zero-order valence-electron chi connectivity index (χ0n) is 15.8. The van der Waals surface area contributed by atoms with E-state index in [1.54, 1.807) is 48.5 Å². The second kappa shape index (κ2) is 9.25. The zero-order chi connectivity index (χ0) is 20.2. The molecule has 1 heterocycles. The van der Waals surface area contributed by atoms with Gasteiger partial charge >= 0.3 is 35.5 Å². The molecule has 0 aromatic heterocycles. The molecule has 9 heteroatoms. The van der Waals surface area contributed by atoms with E-state index in [1.807, 2.05) is 0 Å². The molecular formula is C20H11I4NaO4. The Hall–Kier alpha value is 0.650. The van der Waals surface area contributed by atoms with E-state index in [-0.39, 0.29) is 48.5 Å². The molecule has 29 heavy (non-hydrogen) atoms. The number of rotatable bonds is 2. The number of carbonyl (C=O) groups excluding carboxylic acids is 1. The Bertz CT molecular complexity index is 1080. The van der Waals surface area contributed by atoms with Crippen LogP contribution in [0, 0.1) is 14.3 Å². The summed E-state index contributed by atoms with van der Waals surface area (Å²) in [6.07, 6.45) is 0. The van der Waals surface area contributed by atoms with E-state index in [1.165, 1.54) is 0 Å². The van der Waals surface area contributed by atoms with Crippen molar-refractivity contribution in [3.63, 3.8) is 0 Å². The van der Waals surface area contributed by atoms with Gasteiger partial charge in [-0.1, -0.05) is 24.3 Å². The molecule has 3 aromatic carbocycles. The van der Waals surface area contributed by atoms with Crippen molar-refractivity contribution in [2.75, 3.05) is 0 Å². The SMILES string of the molecule is O=C1OC(c2ccc(O)cc2)(c2ccc(O)cc2)c2c(I)c(I)c(I)c(I)c21.[H-].[Na+]. The van der Waals surface area contributed by atoms with Crippen molar-refractivity contribution in [2.45, 2.75) is 5.60 Å². The van der Waals surface area contributed by atoms with E-state index in [0.29, 0.717) is 5.56 Å². The van der Waals surface area contributed by atoms with Crippen LogP contribution in [0.1, 0.15) is 28.5 Å². The van der Waals surface area contributed by atoms with E-state index in [4.69, 9.17) is 4.74 Å². The maximum absolute atomic E-state index is 13.1. The molecule has 0 amide bonds. The molecule has 0 aliphatic carbocycles. The van der Waals surface area contributed by atoms with Crippen LogP contribution in [-0.2, 0) is 10.3 Å². The number of fused-ring (bicyclic) bond motifs is 1. The Morgan fingerprint density at radius 1 is 0.724 bits per heavy atom. The molecule has 0 saturated heterocycles. The molecule has 0 fully saturated rings. The predicted octanol–water partition coefficient (Wildman–Crippen LogP) is 3.10. The summed E-state index contributed by atoms with van der Waals surface area (Å²) in [5.74, 6) is -0.112. The first-order valence-electron chi connectivity index (χ1n) is 7.96. The Morgan fingerprint density at radius 3 is 1.59 bits per heavy atom. The fourth-order valence-corrected chi connectivity index (χ4v) is 7.15. The fourth-order valence-electron chi connectivity index (χ4n) is 3.36. The third-order valence-corrected chi connectivity index (χ3v) is 12.0. The van der Waals surface area contributed by atoms with Gasteiger partial charge in [0, 0.05) is 31.0 Å². The van der Waals surface area contributed by atoms with Crippen molar-refractivity contribution in [3.05, 3.63) is 85.1 Å². The summed E-state index contributed by atoms with van der Waals surface area (Å²) >= 11 is 9.01. The molecule has 0 spiro atoms.